The molecular weight excluding hydrogens is 200 g/mol. The van der Waals surface area contributed by atoms with Crippen molar-refractivity contribution >= 4 is 0 Å². The first kappa shape index (κ1) is 12.8. The molecule has 0 heterocycles. The largest absolute Gasteiger partial charge is 0.497 e. The standard InChI is InChI=1S/C14H20O2/c1-4-5-12(2)10-16-11-13-6-8-14(15-3)9-7-13/h4,6-9,12H,1,5,10-11H2,2-3H3. The minimum absolute atomic E-state index is 0.538. The number of hydrogen-bond donors (Lipinski definition) is 0. The smallest absolute Gasteiger partial charge is 0.118 e. The third-order valence-corrected chi connectivity index (χ3v) is 2.40. The van der Waals surface area contributed by atoms with Crippen molar-refractivity contribution in [1.29, 1.82) is 0 Å². The highest BCUT2D eigenvalue weighted by molar-refractivity contribution is 5.26. The summed E-state index contributed by atoms with van der Waals surface area (Å²) in [6.07, 6.45) is 2.93. The van der Waals surface area contributed by atoms with E-state index in [2.05, 4.69) is 13.5 Å². The molecule has 2 nitrogen and oxygen atoms in total. The molecule has 0 aromatic heterocycles. The molecule has 1 unspecified atom stereocenters. The van der Waals surface area contributed by atoms with Gasteiger partial charge in [-0.2, -0.15) is 0 Å². The third-order valence-electron chi connectivity index (χ3n) is 2.40. The molecule has 0 aliphatic rings. The first-order valence-electron chi connectivity index (χ1n) is 5.57. The van der Waals surface area contributed by atoms with Crippen LogP contribution < -0.4 is 4.74 Å². The average Bonchev–Trinajstić information content (AvgIpc) is 2.30. The summed E-state index contributed by atoms with van der Waals surface area (Å²) in [6.45, 7) is 7.31. The van der Waals surface area contributed by atoms with E-state index in [1.807, 2.05) is 30.3 Å². The van der Waals surface area contributed by atoms with Crippen molar-refractivity contribution in [2.45, 2.75) is 20.0 Å². The minimum atomic E-state index is 0.538. The van der Waals surface area contributed by atoms with E-state index in [-0.39, 0.29) is 0 Å². The predicted molar refractivity (Wildman–Crippen MR) is 66.6 cm³/mol. The normalized spacial score (nSPS) is 12.1. The van der Waals surface area contributed by atoms with Gasteiger partial charge >= 0.3 is 0 Å². The fraction of sp³-hybridized carbons (Fsp3) is 0.429. The SMILES string of the molecule is C=CCC(C)COCc1ccc(OC)cc1. The van der Waals surface area contributed by atoms with Crippen LogP contribution in [0.15, 0.2) is 36.9 Å². The molecule has 0 bridgehead atoms. The topological polar surface area (TPSA) is 18.5 Å². The molecule has 88 valence electrons. The number of allylic oxidation sites excluding steroid dienone is 1. The Hall–Kier alpha value is -1.28. The lowest BCUT2D eigenvalue weighted by Gasteiger charge is -2.10. The minimum Gasteiger partial charge on any atom is -0.497 e. The molecule has 1 rings (SSSR count). The summed E-state index contributed by atoms with van der Waals surface area (Å²) in [6, 6.07) is 7.95. The van der Waals surface area contributed by atoms with Crippen LogP contribution in [-0.2, 0) is 11.3 Å². The summed E-state index contributed by atoms with van der Waals surface area (Å²) >= 11 is 0. The number of ether oxygens (including phenoxy) is 2. The van der Waals surface area contributed by atoms with E-state index in [1.165, 1.54) is 5.56 Å². The van der Waals surface area contributed by atoms with Crippen LogP contribution in [0.25, 0.3) is 0 Å². The maximum Gasteiger partial charge on any atom is 0.118 e. The van der Waals surface area contributed by atoms with Gasteiger partial charge in [0.15, 0.2) is 0 Å². The summed E-state index contributed by atoms with van der Waals surface area (Å²) in [7, 11) is 1.67. The zero-order chi connectivity index (χ0) is 11.8. The van der Waals surface area contributed by atoms with Gasteiger partial charge in [0, 0.05) is 6.61 Å². The molecule has 16 heavy (non-hydrogen) atoms. The molecular formula is C14H20O2. The van der Waals surface area contributed by atoms with Crippen LogP contribution in [0.4, 0.5) is 0 Å². The maximum absolute atomic E-state index is 5.62. The maximum atomic E-state index is 5.62. The molecule has 1 atom stereocenters. The highest BCUT2D eigenvalue weighted by atomic mass is 16.5. The zero-order valence-corrected chi connectivity index (χ0v) is 10.1. The Balaban J connectivity index is 2.28. The van der Waals surface area contributed by atoms with Crippen LogP contribution in [0.5, 0.6) is 5.75 Å². The third kappa shape index (κ3) is 4.49. The Morgan fingerprint density at radius 3 is 2.56 bits per heavy atom. The first-order chi connectivity index (χ1) is 7.76. The second-order valence-corrected chi connectivity index (χ2v) is 3.99. The lowest BCUT2D eigenvalue weighted by Crippen LogP contribution is -2.04. The highest BCUT2D eigenvalue weighted by Gasteiger charge is 2.00. The van der Waals surface area contributed by atoms with E-state index in [4.69, 9.17) is 9.47 Å². The molecule has 0 aliphatic carbocycles. The molecule has 0 aliphatic heterocycles. The molecule has 0 saturated carbocycles. The number of benzene rings is 1. The summed E-state index contributed by atoms with van der Waals surface area (Å²) in [5.74, 6) is 1.42. The monoisotopic (exact) mass is 220 g/mol. The Morgan fingerprint density at radius 2 is 2.00 bits per heavy atom. The molecule has 1 aromatic rings. The van der Waals surface area contributed by atoms with Gasteiger partial charge in [-0.3, -0.25) is 0 Å². The average molecular weight is 220 g/mol. The van der Waals surface area contributed by atoms with Gasteiger partial charge in [-0.05, 0) is 30.0 Å². The van der Waals surface area contributed by atoms with Crippen molar-refractivity contribution in [3.63, 3.8) is 0 Å². The molecule has 0 N–H and O–H groups in total. The fourth-order valence-electron chi connectivity index (χ4n) is 1.45. The van der Waals surface area contributed by atoms with E-state index in [1.54, 1.807) is 7.11 Å². The van der Waals surface area contributed by atoms with Crippen molar-refractivity contribution < 1.29 is 9.47 Å². The van der Waals surface area contributed by atoms with Gasteiger partial charge in [-0.25, -0.2) is 0 Å². The van der Waals surface area contributed by atoms with Crippen molar-refractivity contribution in [3.05, 3.63) is 42.5 Å². The highest BCUT2D eigenvalue weighted by Crippen LogP contribution is 2.12. The van der Waals surface area contributed by atoms with Crippen LogP contribution in [0, 0.1) is 5.92 Å². The summed E-state index contributed by atoms with van der Waals surface area (Å²) in [5, 5.41) is 0. The molecule has 2 heteroatoms. The van der Waals surface area contributed by atoms with Crippen LogP contribution in [0.1, 0.15) is 18.9 Å². The van der Waals surface area contributed by atoms with Crippen LogP contribution in [-0.4, -0.2) is 13.7 Å². The second-order valence-electron chi connectivity index (χ2n) is 3.99. The molecule has 0 spiro atoms. The van der Waals surface area contributed by atoms with Gasteiger partial charge in [0.05, 0.1) is 13.7 Å². The van der Waals surface area contributed by atoms with Gasteiger partial charge in [0.2, 0.25) is 0 Å². The fourth-order valence-corrected chi connectivity index (χ4v) is 1.45. The molecule has 0 amide bonds. The van der Waals surface area contributed by atoms with E-state index in [0.717, 1.165) is 18.8 Å². The van der Waals surface area contributed by atoms with E-state index >= 15 is 0 Å². The summed E-state index contributed by atoms with van der Waals surface area (Å²) in [4.78, 5) is 0. The van der Waals surface area contributed by atoms with Crippen molar-refractivity contribution in [3.8, 4) is 5.75 Å². The van der Waals surface area contributed by atoms with Gasteiger partial charge in [0.1, 0.15) is 5.75 Å². The van der Waals surface area contributed by atoms with Crippen molar-refractivity contribution in [2.24, 2.45) is 5.92 Å². The molecule has 1 aromatic carbocycles. The van der Waals surface area contributed by atoms with E-state index in [9.17, 15) is 0 Å². The van der Waals surface area contributed by atoms with Gasteiger partial charge < -0.3 is 9.47 Å². The molecule has 0 fully saturated rings. The van der Waals surface area contributed by atoms with Crippen molar-refractivity contribution in [1.82, 2.24) is 0 Å². The first-order valence-corrected chi connectivity index (χ1v) is 5.57. The van der Waals surface area contributed by atoms with Crippen LogP contribution >= 0.6 is 0 Å². The summed E-state index contributed by atoms with van der Waals surface area (Å²) < 4.78 is 10.7. The molecule has 0 saturated heterocycles. The predicted octanol–water partition coefficient (Wildman–Crippen LogP) is 3.42. The van der Waals surface area contributed by atoms with E-state index < -0.39 is 0 Å². The lowest BCUT2D eigenvalue weighted by atomic mass is 10.1. The number of hydrogen-bond acceptors (Lipinski definition) is 2. The van der Waals surface area contributed by atoms with Gasteiger partial charge in [-0.1, -0.05) is 25.1 Å². The quantitative estimate of drug-likeness (QED) is 0.655. The summed E-state index contributed by atoms with van der Waals surface area (Å²) in [5.41, 5.74) is 1.17. The van der Waals surface area contributed by atoms with E-state index in [0.29, 0.717) is 12.5 Å². The van der Waals surface area contributed by atoms with Crippen LogP contribution in [0.2, 0.25) is 0 Å². The number of rotatable bonds is 7. The Morgan fingerprint density at radius 1 is 1.31 bits per heavy atom. The Kier molecular flexibility index (Phi) is 5.65. The van der Waals surface area contributed by atoms with Gasteiger partial charge in [0.25, 0.3) is 0 Å². The Bertz CT molecular complexity index is 303. The zero-order valence-electron chi connectivity index (χ0n) is 10.1. The second kappa shape index (κ2) is 7.07. The van der Waals surface area contributed by atoms with Crippen LogP contribution in [0.3, 0.4) is 0 Å². The number of methoxy groups -OCH3 is 1. The van der Waals surface area contributed by atoms with Crippen molar-refractivity contribution in [2.75, 3.05) is 13.7 Å². The molecule has 0 radical (unpaired) electrons. The van der Waals surface area contributed by atoms with Gasteiger partial charge in [-0.15, -0.1) is 6.58 Å². The lowest BCUT2D eigenvalue weighted by molar-refractivity contribution is 0.0929. The Labute approximate surface area is 97.9 Å².